The van der Waals surface area contributed by atoms with Gasteiger partial charge in [0.25, 0.3) is 5.91 Å². The van der Waals surface area contributed by atoms with Crippen LogP contribution in [0.3, 0.4) is 0 Å². The molecule has 0 bridgehead atoms. The molecule has 0 saturated carbocycles. The molecule has 0 fully saturated rings. The number of benzene rings is 3. The van der Waals surface area contributed by atoms with Crippen LogP contribution in [0, 0.1) is 0 Å². The third-order valence-corrected chi connectivity index (χ3v) is 5.77. The number of anilines is 1. The lowest BCUT2D eigenvalue weighted by Gasteiger charge is -2.21. The number of nitrogens with one attached hydrogen (secondary N) is 3. The third kappa shape index (κ3) is 4.84. The molecule has 8 heteroatoms. The average Bonchev–Trinajstić information content (AvgIpc) is 3.25. The maximum Gasteiger partial charge on any atom is 0.251 e. The monoisotopic (exact) mass is 475 g/mol. The summed E-state index contributed by atoms with van der Waals surface area (Å²) < 4.78 is 11.1. The maximum absolute atomic E-state index is 13.3. The predicted molar refractivity (Wildman–Crippen MR) is 130 cm³/mol. The van der Waals surface area contributed by atoms with Crippen molar-refractivity contribution < 1.29 is 19.1 Å². The molecule has 1 atom stereocenters. The zero-order valence-corrected chi connectivity index (χ0v) is 18.9. The molecule has 2 amide bonds. The summed E-state index contributed by atoms with van der Waals surface area (Å²) in [4.78, 5) is 29.4. The van der Waals surface area contributed by atoms with Crippen LogP contribution < -0.4 is 20.1 Å². The van der Waals surface area contributed by atoms with E-state index in [9.17, 15) is 9.59 Å². The van der Waals surface area contributed by atoms with Crippen molar-refractivity contribution in [3.8, 4) is 11.5 Å². The number of H-pyrrole nitrogens is 1. The highest BCUT2D eigenvalue weighted by Gasteiger charge is 2.24. The molecular formula is C26H22ClN3O4. The van der Waals surface area contributed by atoms with Crippen LogP contribution in [-0.4, -0.2) is 30.0 Å². The molecule has 1 aliphatic heterocycles. The van der Waals surface area contributed by atoms with Gasteiger partial charge in [-0.25, -0.2) is 0 Å². The molecule has 0 radical (unpaired) electrons. The molecule has 1 unspecified atom stereocenters. The van der Waals surface area contributed by atoms with Crippen molar-refractivity contribution in [2.24, 2.45) is 0 Å². The van der Waals surface area contributed by atoms with Gasteiger partial charge in [0.2, 0.25) is 5.91 Å². The molecule has 0 aliphatic carbocycles. The topological polar surface area (TPSA) is 92.5 Å². The van der Waals surface area contributed by atoms with Gasteiger partial charge in [-0.05, 0) is 47.3 Å². The Morgan fingerprint density at radius 1 is 0.941 bits per heavy atom. The standard InChI is InChI=1S/C26H22ClN3O4/c27-18-7-5-16(6-8-18)25(26(32)29-19-9-10-22-23(14-19)34-12-11-33-22)30-24(31)15-20-13-17-3-1-2-4-21(17)28-20/h1-10,13-14,25,28H,11-12,15H2,(H,29,32)(H,30,31). The van der Waals surface area contributed by atoms with E-state index >= 15 is 0 Å². The second-order valence-electron chi connectivity index (χ2n) is 7.96. The van der Waals surface area contributed by atoms with E-state index in [4.69, 9.17) is 21.1 Å². The van der Waals surface area contributed by atoms with Crippen LogP contribution in [0.4, 0.5) is 5.69 Å². The maximum atomic E-state index is 13.3. The van der Waals surface area contributed by atoms with Gasteiger partial charge in [-0.2, -0.15) is 0 Å². The van der Waals surface area contributed by atoms with E-state index in [1.165, 1.54) is 0 Å². The molecule has 0 saturated heterocycles. The number of aromatic nitrogens is 1. The van der Waals surface area contributed by atoms with Crippen molar-refractivity contribution in [3.05, 3.63) is 89.1 Å². The summed E-state index contributed by atoms with van der Waals surface area (Å²) in [6.45, 7) is 0.932. The Balaban J connectivity index is 1.34. The van der Waals surface area contributed by atoms with Gasteiger partial charge >= 0.3 is 0 Å². The highest BCUT2D eigenvalue weighted by atomic mass is 35.5. The van der Waals surface area contributed by atoms with E-state index < -0.39 is 6.04 Å². The molecule has 1 aromatic heterocycles. The minimum atomic E-state index is -0.914. The van der Waals surface area contributed by atoms with Crippen molar-refractivity contribution in [3.63, 3.8) is 0 Å². The summed E-state index contributed by atoms with van der Waals surface area (Å²) in [5.41, 5.74) is 2.87. The molecule has 4 aromatic rings. The van der Waals surface area contributed by atoms with Crippen molar-refractivity contribution in [2.75, 3.05) is 18.5 Å². The van der Waals surface area contributed by atoms with Crippen LogP contribution in [0.15, 0.2) is 72.8 Å². The first kappa shape index (κ1) is 21.9. The largest absolute Gasteiger partial charge is 0.486 e. The molecule has 3 N–H and O–H groups in total. The first-order valence-electron chi connectivity index (χ1n) is 10.9. The zero-order valence-electron chi connectivity index (χ0n) is 18.1. The lowest BCUT2D eigenvalue weighted by Crippen LogP contribution is -2.37. The smallest absolute Gasteiger partial charge is 0.251 e. The molecule has 172 valence electrons. The Bertz CT molecular complexity index is 1320. The van der Waals surface area contributed by atoms with Gasteiger partial charge in [0.15, 0.2) is 11.5 Å². The van der Waals surface area contributed by atoms with Gasteiger partial charge in [0.1, 0.15) is 19.3 Å². The highest BCUT2D eigenvalue weighted by molar-refractivity contribution is 6.30. The molecule has 7 nitrogen and oxygen atoms in total. The zero-order chi connectivity index (χ0) is 23.5. The third-order valence-electron chi connectivity index (χ3n) is 5.52. The summed E-state index contributed by atoms with van der Waals surface area (Å²) in [6, 6.07) is 20.8. The van der Waals surface area contributed by atoms with Gasteiger partial charge in [-0.1, -0.05) is 41.9 Å². The predicted octanol–water partition coefficient (Wildman–Crippen LogP) is 4.63. The Morgan fingerprint density at radius 3 is 2.50 bits per heavy atom. The number of hydrogen-bond acceptors (Lipinski definition) is 4. The lowest BCUT2D eigenvalue weighted by molar-refractivity contribution is -0.126. The summed E-state index contributed by atoms with van der Waals surface area (Å²) in [6.07, 6.45) is 0.107. The minimum absolute atomic E-state index is 0.107. The van der Waals surface area contributed by atoms with E-state index in [0.29, 0.717) is 41.0 Å². The Kier molecular flexibility index (Phi) is 6.10. The highest BCUT2D eigenvalue weighted by Crippen LogP contribution is 2.33. The summed E-state index contributed by atoms with van der Waals surface area (Å²) in [5, 5.41) is 7.29. The summed E-state index contributed by atoms with van der Waals surface area (Å²) in [7, 11) is 0. The Morgan fingerprint density at radius 2 is 1.71 bits per heavy atom. The van der Waals surface area contributed by atoms with E-state index in [1.807, 2.05) is 30.3 Å². The van der Waals surface area contributed by atoms with Crippen molar-refractivity contribution in [1.82, 2.24) is 10.3 Å². The number of halogens is 1. The quantitative estimate of drug-likeness (QED) is 0.379. The number of hydrogen-bond donors (Lipinski definition) is 3. The van der Waals surface area contributed by atoms with Crippen LogP contribution in [0.2, 0.25) is 5.02 Å². The fraction of sp³-hybridized carbons (Fsp3) is 0.154. The first-order valence-corrected chi connectivity index (χ1v) is 11.2. The van der Waals surface area contributed by atoms with Gasteiger partial charge in [0, 0.05) is 28.0 Å². The van der Waals surface area contributed by atoms with Crippen molar-refractivity contribution >= 4 is 40.0 Å². The molecule has 1 aliphatic rings. The van der Waals surface area contributed by atoms with Gasteiger partial charge < -0.3 is 25.1 Å². The van der Waals surface area contributed by atoms with Crippen LogP contribution in [0.5, 0.6) is 11.5 Å². The normalized spacial score (nSPS) is 13.3. The van der Waals surface area contributed by atoms with E-state index in [0.717, 1.165) is 16.6 Å². The molecule has 34 heavy (non-hydrogen) atoms. The number of rotatable bonds is 6. The molecule has 0 spiro atoms. The fourth-order valence-corrected chi connectivity index (χ4v) is 4.03. The Labute approximate surface area is 201 Å². The molecule has 3 aromatic carbocycles. The van der Waals surface area contributed by atoms with E-state index in [-0.39, 0.29) is 18.2 Å². The summed E-state index contributed by atoms with van der Waals surface area (Å²) in [5.74, 6) is 0.521. The second kappa shape index (κ2) is 9.49. The second-order valence-corrected chi connectivity index (χ2v) is 8.39. The van der Waals surface area contributed by atoms with Gasteiger partial charge in [-0.15, -0.1) is 0 Å². The number of fused-ring (bicyclic) bond motifs is 2. The van der Waals surface area contributed by atoms with Crippen molar-refractivity contribution in [1.29, 1.82) is 0 Å². The summed E-state index contributed by atoms with van der Waals surface area (Å²) >= 11 is 6.03. The number of carbonyl (C=O) groups is 2. The minimum Gasteiger partial charge on any atom is -0.486 e. The number of carbonyl (C=O) groups excluding carboxylic acids is 2. The van der Waals surface area contributed by atoms with E-state index in [2.05, 4.69) is 15.6 Å². The van der Waals surface area contributed by atoms with Crippen LogP contribution in [0.1, 0.15) is 17.3 Å². The molecule has 5 rings (SSSR count). The first-order chi connectivity index (χ1) is 16.5. The van der Waals surface area contributed by atoms with Crippen molar-refractivity contribution in [2.45, 2.75) is 12.5 Å². The van der Waals surface area contributed by atoms with Crippen LogP contribution in [0.25, 0.3) is 10.9 Å². The SMILES string of the molecule is O=C(Cc1cc2ccccc2[nH]1)NC(C(=O)Nc1ccc2c(c1)OCCO2)c1ccc(Cl)cc1. The van der Waals surface area contributed by atoms with Gasteiger partial charge in [-0.3, -0.25) is 9.59 Å². The van der Waals surface area contributed by atoms with Gasteiger partial charge in [0.05, 0.1) is 6.42 Å². The number of para-hydroxylation sites is 1. The molecule has 2 heterocycles. The van der Waals surface area contributed by atoms with Crippen LogP contribution in [-0.2, 0) is 16.0 Å². The number of aromatic amines is 1. The number of amides is 2. The number of ether oxygens (including phenoxy) is 2. The fourth-order valence-electron chi connectivity index (χ4n) is 3.90. The average molecular weight is 476 g/mol. The lowest BCUT2D eigenvalue weighted by atomic mass is 10.1. The molecular weight excluding hydrogens is 454 g/mol. The Hall–Kier alpha value is -3.97. The van der Waals surface area contributed by atoms with Crippen LogP contribution >= 0.6 is 11.6 Å². The van der Waals surface area contributed by atoms with E-state index in [1.54, 1.807) is 42.5 Å².